The highest BCUT2D eigenvalue weighted by atomic mass is 16.5. The van der Waals surface area contributed by atoms with Gasteiger partial charge in [0.15, 0.2) is 6.23 Å². The zero-order chi connectivity index (χ0) is 16.8. The lowest BCUT2D eigenvalue weighted by Gasteiger charge is -2.19. The molecule has 0 bridgehead atoms. The van der Waals surface area contributed by atoms with E-state index in [4.69, 9.17) is 4.74 Å². The van der Waals surface area contributed by atoms with Crippen molar-refractivity contribution < 1.29 is 19.4 Å². The summed E-state index contributed by atoms with van der Waals surface area (Å²) in [7, 11) is 0. The molecule has 24 heavy (non-hydrogen) atoms. The van der Waals surface area contributed by atoms with Crippen LogP contribution in [0, 0.1) is 0 Å². The van der Waals surface area contributed by atoms with Crippen LogP contribution in [0.1, 0.15) is 29.2 Å². The van der Waals surface area contributed by atoms with Crippen molar-refractivity contribution in [2.75, 3.05) is 13.2 Å². The SMILES string of the molecule is CCOC(=O)CN1C(=O)c2ncc3[nH]c4ccccc4c3c2C1O. The minimum atomic E-state index is -1.23. The van der Waals surface area contributed by atoms with E-state index in [0.29, 0.717) is 5.56 Å². The number of hydrogen-bond donors (Lipinski definition) is 2. The van der Waals surface area contributed by atoms with Crippen LogP contribution in [0.4, 0.5) is 0 Å². The average Bonchev–Trinajstić information content (AvgIpc) is 3.06. The highest BCUT2D eigenvalue weighted by Gasteiger charge is 2.40. The van der Waals surface area contributed by atoms with Gasteiger partial charge in [0.2, 0.25) is 0 Å². The van der Waals surface area contributed by atoms with Crippen LogP contribution in [0.2, 0.25) is 0 Å². The van der Waals surface area contributed by atoms with Crippen molar-refractivity contribution in [1.82, 2.24) is 14.9 Å². The third-order valence-electron chi connectivity index (χ3n) is 4.20. The molecule has 1 aliphatic heterocycles. The molecule has 1 aliphatic rings. The van der Waals surface area contributed by atoms with Gasteiger partial charge in [0.25, 0.3) is 5.91 Å². The maximum Gasteiger partial charge on any atom is 0.325 e. The summed E-state index contributed by atoms with van der Waals surface area (Å²) in [5.41, 5.74) is 2.23. The van der Waals surface area contributed by atoms with Gasteiger partial charge in [-0.1, -0.05) is 18.2 Å². The van der Waals surface area contributed by atoms with Crippen molar-refractivity contribution in [3.05, 3.63) is 41.7 Å². The maximum absolute atomic E-state index is 12.5. The molecule has 3 heterocycles. The van der Waals surface area contributed by atoms with Crippen LogP contribution < -0.4 is 0 Å². The van der Waals surface area contributed by atoms with Crippen LogP contribution in [0.15, 0.2) is 30.5 Å². The summed E-state index contributed by atoms with van der Waals surface area (Å²) in [5, 5.41) is 12.3. The number of fused-ring (bicyclic) bond motifs is 5. The monoisotopic (exact) mass is 325 g/mol. The summed E-state index contributed by atoms with van der Waals surface area (Å²) < 4.78 is 4.87. The normalized spacial score (nSPS) is 16.8. The van der Waals surface area contributed by atoms with Crippen molar-refractivity contribution in [2.45, 2.75) is 13.2 Å². The highest BCUT2D eigenvalue weighted by Crippen LogP contribution is 2.38. The zero-order valence-corrected chi connectivity index (χ0v) is 12.9. The predicted octanol–water partition coefficient (Wildman–Crippen LogP) is 1.73. The summed E-state index contributed by atoms with van der Waals surface area (Å²) >= 11 is 0. The van der Waals surface area contributed by atoms with E-state index in [2.05, 4.69) is 9.97 Å². The molecule has 122 valence electrons. The Balaban J connectivity index is 1.87. The molecule has 0 aliphatic carbocycles. The predicted molar refractivity (Wildman–Crippen MR) is 86.2 cm³/mol. The number of para-hydroxylation sites is 1. The molecule has 0 fully saturated rings. The molecule has 1 aromatic carbocycles. The first kappa shape index (κ1) is 14.6. The smallest absolute Gasteiger partial charge is 0.325 e. The van der Waals surface area contributed by atoms with E-state index in [9.17, 15) is 14.7 Å². The molecule has 3 aromatic rings. The van der Waals surface area contributed by atoms with Crippen molar-refractivity contribution in [2.24, 2.45) is 0 Å². The summed E-state index contributed by atoms with van der Waals surface area (Å²) in [6.45, 7) is 1.59. The number of benzene rings is 1. The molecule has 4 rings (SSSR count). The Hall–Kier alpha value is -2.93. The molecular formula is C17H15N3O4. The number of carbonyl (C=O) groups excluding carboxylic acids is 2. The molecule has 0 spiro atoms. The Labute approximate surface area is 136 Å². The number of aliphatic hydroxyl groups is 1. The van der Waals surface area contributed by atoms with Gasteiger partial charge in [-0.15, -0.1) is 0 Å². The number of amides is 1. The standard InChI is InChI=1S/C17H15N3O4/c1-2-24-12(21)8-20-16(22)14-13-9-5-3-4-6-10(9)19-11(13)7-18-15(14)17(20)23/h3-7,16,19,22H,2,8H2,1H3. The lowest BCUT2D eigenvalue weighted by Crippen LogP contribution is -2.34. The number of carbonyl (C=O) groups is 2. The van der Waals surface area contributed by atoms with Crippen molar-refractivity contribution in [3.63, 3.8) is 0 Å². The van der Waals surface area contributed by atoms with E-state index in [1.165, 1.54) is 0 Å². The van der Waals surface area contributed by atoms with Gasteiger partial charge in [0, 0.05) is 21.9 Å². The van der Waals surface area contributed by atoms with Crippen LogP contribution in [0.3, 0.4) is 0 Å². The Bertz CT molecular complexity index is 979. The second-order valence-electron chi connectivity index (χ2n) is 5.59. The fraction of sp³-hybridized carbons (Fsp3) is 0.235. The van der Waals surface area contributed by atoms with E-state index in [1.54, 1.807) is 13.1 Å². The van der Waals surface area contributed by atoms with E-state index in [0.717, 1.165) is 26.7 Å². The molecule has 1 unspecified atom stereocenters. The molecule has 0 saturated heterocycles. The molecule has 1 atom stereocenters. The summed E-state index contributed by atoms with van der Waals surface area (Å²) in [5.74, 6) is -1.04. The first-order chi connectivity index (χ1) is 11.6. The van der Waals surface area contributed by atoms with Crippen LogP contribution >= 0.6 is 0 Å². The first-order valence-electron chi connectivity index (χ1n) is 7.65. The van der Waals surface area contributed by atoms with E-state index in [-0.39, 0.29) is 18.8 Å². The Morgan fingerprint density at radius 1 is 1.38 bits per heavy atom. The second-order valence-corrected chi connectivity index (χ2v) is 5.59. The number of aromatic nitrogens is 2. The third kappa shape index (κ3) is 1.98. The van der Waals surface area contributed by atoms with E-state index in [1.807, 2.05) is 24.3 Å². The third-order valence-corrected chi connectivity index (χ3v) is 4.20. The van der Waals surface area contributed by atoms with Crippen LogP contribution in [-0.2, 0) is 9.53 Å². The lowest BCUT2D eigenvalue weighted by atomic mass is 10.1. The number of hydrogen-bond acceptors (Lipinski definition) is 5. The molecule has 2 aromatic heterocycles. The minimum absolute atomic E-state index is 0.170. The zero-order valence-electron chi connectivity index (χ0n) is 12.9. The van der Waals surface area contributed by atoms with Crippen LogP contribution in [0.25, 0.3) is 21.8 Å². The Morgan fingerprint density at radius 3 is 2.96 bits per heavy atom. The average molecular weight is 325 g/mol. The molecule has 7 heteroatoms. The molecule has 2 N–H and O–H groups in total. The number of nitrogens with one attached hydrogen (secondary N) is 1. The molecule has 0 saturated carbocycles. The molecule has 7 nitrogen and oxygen atoms in total. The van der Waals surface area contributed by atoms with Crippen molar-refractivity contribution in [3.8, 4) is 0 Å². The van der Waals surface area contributed by atoms with Gasteiger partial charge in [-0.3, -0.25) is 14.5 Å². The first-order valence-corrected chi connectivity index (χ1v) is 7.65. The van der Waals surface area contributed by atoms with Gasteiger partial charge in [-0.25, -0.2) is 4.98 Å². The molecular weight excluding hydrogens is 310 g/mol. The summed E-state index contributed by atoms with van der Waals surface area (Å²) in [4.78, 5) is 32.7. The van der Waals surface area contributed by atoms with Crippen molar-refractivity contribution >= 4 is 33.7 Å². The number of aliphatic hydroxyl groups excluding tert-OH is 1. The van der Waals surface area contributed by atoms with E-state index < -0.39 is 18.1 Å². The topological polar surface area (TPSA) is 95.5 Å². The molecule has 1 amide bonds. The van der Waals surface area contributed by atoms with Crippen molar-refractivity contribution in [1.29, 1.82) is 0 Å². The van der Waals surface area contributed by atoms with Gasteiger partial charge in [-0.05, 0) is 13.0 Å². The molecule has 0 radical (unpaired) electrons. The highest BCUT2D eigenvalue weighted by molar-refractivity contribution is 6.13. The number of esters is 1. The van der Waals surface area contributed by atoms with Gasteiger partial charge < -0.3 is 14.8 Å². The second kappa shape index (κ2) is 5.31. The number of pyridine rings is 1. The number of ether oxygens (including phenoxy) is 1. The van der Waals surface area contributed by atoms with Gasteiger partial charge in [0.05, 0.1) is 18.3 Å². The maximum atomic E-state index is 12.5. The Kier molecular flexibility index (Phi) is 3.24. The number of rotatable bonds is 3. The van der Waals surface area contributed by atoms with Crippen LogP contribution in [-0.4, -0.2) is 45.0 Å². The van der Waals surface area contributed by atoms with Gasteiger partial charge in [0.1, 0.15) is 12.2 Å². The van der Waals surface area contributed by atoms with Crippen LogP contribution in [0.5, 0.6) is 0 Å². The lowest BCUT2D eigenvalue weighted by molar-refractivity contribution is -0.145. The van der Waals surface area contributed by atoms with Gasteiger partial charge in [-0.2, -0.15) is 0 Å². The largest absolute Gasteiger partial charge is 0.465 e. The quantitative estimate of drug-likeness (QED) is 0.715. The minimum Gasteiger partial charge on any atom is -0.465 e. The van der Waals surface area contributed by atoms with E-state index >= 15 is 0 Å². The fourth-order valence-electron chi connectivity index (χ4n) is 3.20. The van der Waals surface area contributed by atoms with Gasteiger partial charge >= 0.3 is 5.97 Å². The Morgan fingerprint density at radius 2 is 2.17 bits per heavy atom. The summed E-state index contributed by atoms with van der Waals surface area (Å²) in [6.07, 6.45) is 0.347. The number of H-pyrrole nitrogens is 1. The fourth-order valence-corrected chi connectivity index (χ4v) is 3.20. The summed E-state index contributed by atoms with van der Waals surface area (Å²) in [6, 6.07) is 7.63. The number of aromatic amines is 1. The number of nitrogens with zero attached hydrogens (tertiary/aromatic N) is 2.